The number of nitrogens with one attached hydrogen (secondary N) is 1. The summed E-state index contributed by atoms with van der Waals surface area (Å²) in [5.41, 5.74) is 1.22. The van der Waals surface area contributed by atoms with Crippen LogP contribution in [0, 0.1) is 11.3 Å². The van der Waals surface area contributed by atoms with Gasteiger partial charge in [-0.2, -0.15) is 0 Å². The predicted molar refractivity (Wildman–Crippen MR) is 113 cm³/mol. The average Bonchev–Trinajstić information content (AvgIpc) is 2.60. The summed E-state index contributed by atoms with van der Waals surface area (Å²) in [6.07, 6.45) is 9.41. The lowest BCUT2D eigenvalue weighted by atomic mass is 9.62. The van der Waals surface area contributed by atoms with Crippen molar-refractivity contribution in [3.8, 4) is 0 Å². The maximum atomic E-state index is 12.8. The van der Waals surface area contributed by atoms with Crippen LogP contribution in [0.1, 0.15) is 62.7 Å². The third-order valence-electron chi connectivity index (χ3n) is 5.91. The molecule has 26 heavy (non-hydrogen) atoms. The fourth-order valence-corrected chi connectivity index (χ4v) is 5.72. The van der Waals surface area contributed by atoms with Crippen LogP contribution in [-0.4, -0.2) is 43.7 Å². The van der Waals surface area contributed by atoms with Crippen LogP contribution in [0.5, 0.6) is 0 Å². The minimum Gasteiger partial charge on any atom is -0.351 e. The van der Waals surface area contributed by atoms with Gasteiger partial charge in [0.2, 0.25) is 0 Å². The van der Waals surface area contributed by atoms with Crippen LogP contribution in [-0.2, 0) is 0 Å². The molecule has 2 bridgehead atoms. The molecule has 1 aromatic carbocycles. The summed E-state index contributed by atoms with van der Waals surface area (Å²) in [6, 6.07) is 8.04. The Morgan fingerprint density at radius 2 is 1.92 bits per heavy atom. The molecule has 2 fully saturated rings. The molecule has 3 rings (SSSR count). The van der Waals surface area contributed by atoms with Gasteiger partial charge in [0.15, 0.2) is 0 Å². The molecule has 2 aliphatic rings. The number of hydrogen-bond donors (Lipinski definition) is 1. The fraction of sp³-hybridized carbons (Fsp3) is 0.682. The molecule has 0 radical (unpaired) electrons. The average molecular weight is 377 g/mol. The molecule has 1 aromatic rings. The molecule has 2 saturated carbocycles. The Labute approximate surface area is 164 Å². The van der Waals surface area contributed by atoms with E-state index >= 15 is 0 Å². The normalized spacial score (nSPS) is 24.8. The Hall–Kier alpha value is -1.00. The van der Waals surface area contributed by atoms with Gasteiger partial charge in [0.1, 0.15) is 0 Å². The van der Waals surface area contributed by atoms with Crippen molar-refractivity contribution in [2.45, 2.75) is 57.3 Å². The molecule has 0 aliphatic heterocycles. The van der Waals surface area contributed by atoms with Crippen LogP contribution in [0.3, 0.4) is 0 Å². The first kappa shape index (κ1) is 21.3. The zero-order valence-corrected chi connectivity index (χ0v) is 16.5. The summed E-state index contributed by atoms with van der Waals surface area (Å²) in [5.74, 6) is 2.02. The van der Waals surface area contributed by atoms with Crippen LogP contribution in [0.4, 0.5) is 0 Å². The van der Waals surface area contributed by atoms with E-state index in [0.717, 1.165) is 35.2 Å². The highest BCUT2D eigenvalue weighted by atomic mass is 32.2. The monoisotopic (exact) mass is 376 g/mol. The van der Waals surface area contributed by atoms with Gasteiger partial charge >= 0.3 is 0 Å². The Kier molecular flexibility index (Phi) is 8.03. The number of carbonyl (C=O) groups excluding carboxylic acids is 1. The van der Waals surface area contributed by atoms with Gasteiger partial charge in [0.25, 0.3) is 5.91 Å². The molecule has 0 unspecified atom stereocenters. The van der Waals surface area contributed by atoms with Crippen LogP contribution >= 0.6 is 11.8 Å². The largest absolute Gasteiger partial charge is 0.351 e. The van der Waals surface area contributed by atoms with Gasteiger partial charge < -0.3 is 10.2 Å². The van der Waals surface area contributed by atoms with E-state index in [9.17, 15) is 4.79 Å². The van der Waals surface area contributed by atoms with Gasteiger partial charge in [-0.15, -0.1) is 11.8 Å². The summed E-state index contributed by atoms with van der Waals surface area (Å²) in [6.45, 7) is 1.88. The molecule has 0 atom stereocenters. The van der Waals surface area contributed by atoms with E-state index in [2.05, 4.69) is 30.4 Å². The quantitative estimate of drug-likeness (QED) is 0.675. The number of hydrogen-bond acceptors (Lipinski definition) is 3. The van der Waals surface area contributed by atoms with Gasteiger partial charge in [-0.3, -0.25) is 4.79 Å². The van der Waals surface area contributed by atoms with E-state index in [1.807, 2.05) is 18.2 Å². The highest BCUT2D eigenvalue weighted by Crippen LogP contribution is 2.48. The third kappa shape index (κ3) is 5.50. The van der Waals surface area contributed by atoms with E-state index in [-0.39, 0.29) is 13.3 Å². The molecular weight excluding hydrogens is 340 g/mol. The summed E-state index contributed by atoms with van der Waals surface area (Å²) in [5, 5.41) is 3.29. The topological polar surface area (TPSA) is 32.3 Å². The second-order valence-electron chi connectivity index (χ2n) is 8.19. The smallest absolute Gasteiger partial charge is 0.252 e. The van der Waals surface area contributed by atoms with Gasteiger partial charge in [-0.1, -0.05) is 45.2 Å². The molecule has 4 heteroatoms. The SMILES string of the molecule is C.CN(C)CCSc1ccccc1C(=O)NCC12CCCC(CCC1)C2. The van der Waals surface area contributed by atoms with E-state index in [0.29, 0.717) is 5.41 Å². The van der Waals surface area contributed by atoms with Crippen molar-refractivity contribution in [2.75, 3.05) is 32.9 Å². The first-order valence-corrected chi connectivity index (χ1v) is 10.7. The second kappa shape index (κ2) is 9.80. The van der Waals surface area contributed by atoms with Crippen molar-refractivity contribution < 1.29 is 4.79 Å². The van der Waals surface area contributed by atoms with Crippen molar-refractivity contribution in [1.82, 2.24) is 10.2 Å². The number of nitrogens with zero attached hydrogens (tertiary/aromatic N) is 1. The minimum atomic E-state index is 0. The van der Waals surface area contributed by atoms with Crippen molar-refractivity contribution >= 4 is 17.7 Å². The van der Waals surface area contributed by atoms with Crippen LogP contribution in [0.15, 0.2) is 29.2 Å². The molecular formula is C22H36N2OS. The minimum absolute atomic E-state index is 0. The van der Waals surface area contributed by atoms with E-state index in [4.69, 9.17) is 0 Å². The summed E-state index contributed by atoms with van der Waals surface area (Å²) < 4.78 is 0. The molecule has 0 heterocycles. The lowest BCUT2D eigenvalue weighted by Gasteiger charge is -2.45. The van der Waals surface area contributed by atoms with E-state index < -0.39 is 0 Å². The van der Waals surface area contributed by atoms with Crippen molar-refractivity contribution in [3.63, 3.8) is 0 Å². The Bertz CT molecular complexity index is 577. The summed E-state index contributed by atoms with van der Waals surface area (Å²) >= 11 is 1.78. The predicted octanol–water partition coefficient (Wildman–Crippen LogP) is 5.07. The third-order valence-corrected chi connectivity index (χ3v) is 6.97. The standard InChI is InChI=1S/C21H32N2OS.CH4/c1-23(2)13-14-25-19-10-4-3-9-18(19)20(24)22-16-21-11-5-7-17(15-21)8-6-12-21;/h3-4,9-10,17H,5-8,11-16H2,1-2H3,(H,22,24);1H4. The highest BCUT2D eigenvalue weighted by molar-refractivity contribution is 7.99. The fourth-order valence-electron chi connectivity index (χ4n) is 4.55. The number of amides is 1. The van der Waals surface area contributed by atoms with E-state index in [1.54, 1.807) is 11.8 Å². The van der Waals surface area contributed by atoms with Gasteiger partial charge in [-0.05, 0) is 56.8 Å². The Balaban J connectivity index is 0.00000243. The number of fused-ring (bicyclic) bond motifs is 2. The summed E-state index contributed by atoms with van der Waals surface area (Å²) in [7, 11) is 4.17. The molecule has 0 saturated heterocycles. The molecule has 2 aliphatic carbocycles. The van der Waals surface area contributed by atoms with Gasteiger partial charge in [0, 0.05) is 23.7 Å². The molecule has 146 valence electrons. The lowest BCUT2D eigenvalue weighted by molar-refractivity contribution is 0.0680. The molecule has 3 nitrogen and oxygen atoms in total. The number of carbonyl (C=O) groups is 1. The van der Waals surface area contributed by atoms with Gasteiger partial charge in [0.05, 0.1) is 5.56 Å². The number of thioether (sulfide) groups is 1. The number of rotatable bonds is 7. The van der Waals surface area contributed by atoms with Crippen molar-refractivity contribution in [1.29, 1.82) is 0 Å². The molecule has 1 N–H and O–H groups in total. The Morgan fingerprint density at radius 3 is 2.62 bits per heavy atom. The molecule has 0 spiro atoms. The lowest BCUT2D eigenvalue weighted by Crippen LogP contribution is -2.43. The second-order valence-corrected chi connectivity index (χ2v) is 9.32. The van der Waals surface area contributed by atoms with Crippen LogP contribution in [0.2, 0.25) is 0 Å². The van der Waals surface area contributed by atoms with E-state index in [1.165, 1.54) is 44.9 Å². The highest BCUT2D eigenvalue weighted by Gasteiger charge is 2.39. The van der Waals surface area contributed by atoms with Crippen molar-refractivity contribution in [2.24, 2.45) is 11.3 Å². The molecule has 1 amide bonds. The van der Waals surface area contributed by atoms with Crippen LogP contribution < -0.4 is 5.32 Å². The van der Waals surface area contributed by atoms with Crippen molar-refractivity contribution in [3.05, 3.63) is 29.8 Å². The first-order chi connectivity index (χ1) is 12.1. The zero-order chi connectivity index (χ0) is 17.7. The van der Waals surface area contributed by atoms with Gasteiger partial charge in [-0.25, -0.2) is 0 Å². The Morgan fingerprint density at radius 1 is 1.23 bits per heavy atom. The summed E-state index contributed by atoms with van der Waals surface area (Å²) in [4.78, 5) is 16.1. The zero-order valence-electron chi connectivity index (χ0n) is 15.7. The maximum Gasteiger partial charge on any atom is 0.252 e. The number of benzene rings is 1. The molecule has 0 aromatic heterocycles. The first-order valence-electron chi connectivity index (χ1n) is 9.73. The van der Waals surface area contributed by atoms with Crippen LogP contribution in [0.25, 0.3) is 0 Å². The maximum absolute atomic E-state index is 12.8.